The Balaban J connectivity index is 4.82. The highest BCUT2D eigenvalue weighted by Gasteiger charge is 2.41. The van der Waals surface area contributed by atoms with Gasteiger partial charge in [0, 0.05) is 20.1 Å². The number of hydrogen-bond donors (Lipinski definition) is 0. The number of methoxy groups -OCH3 is 2. The van der Waals surface area contributed by atoms with E-state index in [1.54, 1.807) is 0 Å². The second-order valence-electron chi connectivity index (χ2n) is 6.80. The van der Waals surface area contributed by atoms with Crippen LogP contribution in [0.2, 0.25) is 0 Å². The molecule has 140 valence electrons. The van der Waals surface area contributed by atoms with E-state index in [9.17, 15) is 0 Å². The third-order valence-corrected chi connectivity index (χ3v) is 6.32. The molecule has 0 heterocycles. The highest BCUT2D eigenvalue weighted by molar-refractivity contribution is 7.36. The minimum atomic E-state index is -0.388. The zero-order valence-corrected chi connectivity index (χ0v) is 17.7. The Kier molecular flexibility index (Phi) is 14.9. The molecule has 0 aliphatic heterocycles. The third-order valence-electron chi connectivity index (χ3n) is 5.46. The average Bonchev–Trinajstić information content (AvgIpc) is 2.59. The summed E-state index contributed by atoms with van der Waals surface area (Å²) in [4.78, 5) is 0. The first-order valence-electron chi connectivity index (χ1n) is 9.90. The monoisotopic (exact) mass is 346 g/mol. The van der Waals surface area contributed by atoms with Crippen LogP contribution in [-0.2, 0) is 9.47 Å². The second-order valence-corrected chi connectivity index (χ2v) is 8.00. The molecule has 0 aromatic rings. The predicted molar refractivity (Wildman–Crippen MR) is 106 cm³/mol. The molecule has 3 heteroatoms. The average molecular weight is 347 g/mol. The Morgan fingerprint density at radius 1 is 0.870 bits per heavy atom. The van der Waals surface area contributed by atoms with Crippen LogP contribution in [0.1, 0.15) is 85.0 Å². The summed E-state index contributed by atoms with van der Waals surface area (Å²) in [7, 11) is 4.71. The zero-order chi connectivity index (χ0) is 17.6. The van der Waals surface area contributed by atoms with Gasteiger partial charge in [0.2, 0.25) is 0 Å². The van der Waals surface area contributed by atoms with E-state index in [0.29, 0.717) is 5.92 Å². The Bertz CT molecular complexity index is 246. The van der Waals surface area contributed by atoms with E-state index < -0.39 is 0 Å². The summed E-state index contributed by atoms with van der Waals surface area (Å²) in [6.45, 7) is 9.14. The van der Waals surface area contributed by atoms with Crippen LogP contribution in [0.3, 0.4) is 0 Å². The number of ether oxygens (including phenoxy) is 2. The van der Waals surface area contributed by atoms with Crippen LogP contribution in [0, 0.1) is 11.8 Å². The van der Waals surface area contributed by atoms with Crippen molar-refractivity contribution in [1.82, 2.24) is 0 Å². The fourth-order valence-electron chi connectivity index (χ4n) is 3.95. The fraction of sp³-hybridized carbons (Fsp3) is 1.00. The van der Waals surface area contributed by atoms with Gasteiger partial charge in [-0.05, 0) is 44.4 Å². The van der Waals surface area contributed by atoms with Crippen LogP contribution in [0.5, 0.6) is 0 Å². The summed E-state index contributed by atoms with van der Waals surface area (Å²) in [5.41, 5.74) is 0. The molecule has 0 bridgehead atoms. The van der Waals surface area contributed by atoms with E-state index in [2.05, 4.69) is 27.4 Å². The van der Waals surface area contributed by atoms with Crippen molar-refractivity contribution in [2.24, 2.45) is 11.8 Å². The molecular formula is C20H43O2P. The highest BCUT2D eigenvalue weighted by atomic mass is 31.1. The lowest BCUT2D eigenvalue weighted by Crippen LogP contribution is -2.45. The first-order valence-corrected chi connectivity index (χ1v) is 11.6. The molecule has 0 aromatic heterocycles. The Hall–Kier alpha value is 0.350. The van der Waals surface area contributed by atoms with Gasteiger partial charge in [-0.2, -0.15) is 0 Å². The minimum absolute atomic E-state index is 0.388. The number of rotatable bonds is 16. The first kappa shape index (κ1) is 23.4. The third kappa shape index (κ3) is 8.32. The van der Waals surface area contributed by atoms with Gasteiger partial charge >= 0.3 is 0 Å². The quantitative estimate of drug-likeness (QED) is 0.181. The SMILES string of the molecule is CCCCCCCC(CC)C(CCCPC)C(CC)(OC)OC. The van der Waals surface area contributed by atoms with E-state index in [4.69, 9.17) is 9.47 Å². The maximum absolute atomic E-state index is 5.94. The molecular weight excluding hydrogens is 303 g/mol. The van der Waals surface area contributed by atoms with Crippen LogP contribution < -0.4 is 0 Å². The van der Waals surface area contributed by atoms with E-state index in [1.165, 1.54) is 63.9 Å². The van der Waals surface area contributed by atoms with Crippen molar-refractivity contribution in [2.75, 3.05) is 27.0 Å². The fourth-order valence-corrected chi connectivity index (χ4v) is 4.51. The maximum atomic E-state index is 5.94. The molecule has 23 heavy (non-hydrogen) atoms. The molecule has 0 aliphatic carbocycles. The molecule has 0 N–H and O–H groups in total. The highest BCUT2D eigenvalue weighted by Crippen LogP contribution is 2.39. The van der Waals surface area contributed by atoms with Crippen LogP contribution in [-0.4, -0.2) is 32.8 Å². The maximum Gasteiger partial charge on any atom is 0.170 e. The van der Waals surface area contributed by atoms with Gasteiger partial charge in [-0.15, -0.1) is 8.58 Å². The molecule has 0 amide bonds. The van der Waals surface area contributed by atoms with E-state index in [1.807, 2.05) is 14.2 Å². The van der Waals surface area contributed by atoms with Crippen molar-refractivity contribution < 1.29 is 9.47 Å². The summed E-state index contributed by atoms with van der Waals surface area (Å²) in [5, 5.41) is 0. The molecule has 0 saturated carbocycles. The largest absolute Gasteiger partial charge is 0.353 e. The first-order chi connectivity index (χ1) is 11.2. The lowest BCUT2D eigenvalue weighted by atomic mass is 9.76. The second kappa shape index (κ2) is 14.7. The normalized spacial score (nSPS) is 15.4. The van der Waals surface area contributed by atoms with Crippen molar-refractivity contribution in [1.29, 1.82) is 0 Å². The Labute approximate surface area is 148 Å². The molecule has 2 nitrogen and oxygen atoms in total. The van der Waals surface area contributed by atoms with Gasteiger partial charge in [0.1, 0.15) is 0 Å². The van der Waals surface area contributed by atoms with Gasteiger partial charge in [0.15, 0.2) is 5.79 Å². The van der Waals surface area contributed by atoms with Crippen LogP contribution in [0.4, 0.5) is 0 Å². The molecule has 3 unspecified atom stereocenters. The van der Waals surface area contributed by atoms with E-state index in [0.717, 1.165) is 20.9 Å². The number of unbranched alkanes of at least 4 members (excludes halogenated alkanes) is 4. The lowest BCUT2D eigenvalue weighted by molar-refractivity contribution is -0.253. The molecule has 0 aromatic carbocycles. The molecule has 0 spiro atoms. The Morgan fingerprint density at radius 2 is 1.52 bits per heavy atom. The zero-order valence-electron chi connectivity index (χ0n) is 16.7. The minimum Gasteiger partial charge on any atom is -0.353 e. The Morgan fingerprint density at radius 3 is 2.00 bits per heavy atom. The van der Waals surface area contributed by atoms with Crippen LogP contribution >= 0.6 is 8.58 Å². The predicted octanol–water partition coefficient (Wildman–Crippen LogP) is 6.48. The van der Waals surface area contributed by atoms with Gasteiger partial charge < -0.3 is 9.47 Å². The van der Waals surface area contributed by atoms with Crippen molar-refractivity contribution in [3.8, 4) is 0 Å². The molecule has 0 rings (SSSR count). The number of hydrogen-bond acceptors (Lipinski definition) is 2. The molecule has 3 atom stereocenters. The summed E-state index contributed by atoms with van der Waals surface area (Å²) < 4.78 is 11.9. The lowest BCUT2D eigenvalue weighted by Gasteiger charge is -2.42. The standard InChI is InChI=1S/C20H43O2P/c1-7-10-11-12-13-15-18(8-2)19(16-14-17-23-6)20(9-3,21-4)22-5/h18-19,23H,7-17H2,1-6H3. The van der Waals surface area contributed by atoms with Crippen LogP contribution in [0.25, 0.3) is 0 Å². The molecule has 0 fully saturated rings. The van der Waals surface area contributed by atoms with Crippen molar-refractivity contribution >= 4 is 8.58 Å². The van der Waals surface area contributed by atoms with Gasteiger partial charge in [-0.25, -0.2) is 0 Å². The molecule has 0 radical (unpaired) electrons. The molecule has 0 saturated heterocycles. The topological polar surface area (TPSA) is 18.5 Å². The van der Waals surface area contributed by atoms with Crippen molar-refractivity contribution in [2.45, 2.75) is 90.8 Å². The van der Waals surface area contributed by atoms with Gasteiger partial charge in [0.05, 0.1) is 0 Å². The van der Waals surface area contributed by atoms with Gasteiger partial charge in [-0.1, -0.05) is 59.3 Å². The van der Waals surface area contributed by atoms with Gasteiger partial charge in [0.25, 0.3) is 0 Å². The van der Waals surface area contributed by atoms with Crippen LogP contribution in [0.15, 0.2) is 0 Å². The summed E-state index contributed by atoms with van der Waals surface area (Å²) in [6.07, 6.45) is 14.2. The van der Waals surface area contributed by atoms with Crippen molar-refractivity contribution in [3.05, 3.63) is 0 Å². The smallest absolute Gasteiger partial charge is 0.170 e. The summed E-state index contributed by atoms with van der Waals surface area (Å²) >= 11 is 0. The van der Waals surface area contributed by atoms with E-state index >= 15 is 0 Å². The summed E-state index contributed by atoms with van der Waals surface area (Å²) in [6, 6.07) is 0. The van der Waals surface area contributed by atoms with Gasteiger partial charge in [-0.3, -0.25) is 0 Å². The van der Waals surface area contributed by atoms with Crippen molar-refractivity contribution in [3.63, 3.8) is 0 Å². The van der Waals surface area contributed by atoms with E-state index in [-0.39, 0.29) is 5.79 Å². The molecule has 0 aliphatic rings. The summed E-state index contributed by atoms with van der Waals surface area (Å²) in [5.74, 6) is 0.854.